The van der Waals surface area contributed by atoms with Crippen LogP contribution in [-0.2, 0) is 12.8 Å². The van der Waals surface area contributed by atoms with E-state index in [4.69, 9.17) is 0 Å². The molecule has 2 amide bonds. The van der Waals surface area contributed by atoms with E-state index >= 15 is 0 Å². The molecule has 0 aromatic heterocycles. The standard InChI is InChI=1S/C26H28N2O2/c29-25(27-19-9-15-21-11-3-1-4-12-21)23-17-7-8-18-24(23)26(30)28-20-10-16-22-13-5-2-6-14-22/h1-8,11-14,17-18H,9-10,15-16,19-20H2,(H,27,29)(H,28,30). The van der Waals surface area contributed by atoms with Gasteiger partial charge in [-0.25, -0.2) is 0 Å². The normalized spacial score (nSPS) is 10.4. The van der Waals surface area contributed by atoms with Gasteiger partial charge >= 0.3 is 0 Å². The average molecular weight is 401 g/mol. The first-order valence-corrected chi connectivity index (χ1v) is 10.5. The minimum atomic E-state index is -0.210. The van der Waals surface area contributed by atoms with Crippen molar-refractivity contribution < 1.29 is 9.59 Å². The van der Waals surface area contributed by atoms with Gasteiger partial charge in [-0.1, -0.05) is 72.8 Å². The zero-order valence-electron chi connectivity index (χ0n) is 17.1. The zero-order chi connectivity index (χ0) is 21.0. The van der Waals surface area contributed by atoms with Crippen LogP contribution >= 0.6 is 0 Å². The van der Waals surface area contributed by atoms with Gasteiger partial charge in [-0.3, -0.25) is 9.59 Å². The highest BCUT2D eigenvalue weighted by Crippen LogP contribution is 2.10. The fraction of sp³-hybridized carbons (Fsp3) is 0.231. The maximum Gasteiger partial charge on any atom is 0.252 e. The third-order valence-corrected chi connectivity index (χ3v) is 4.96. The van der Waals surface area contributed by atoms with Crippen LogP contribution in [0.25, 0.3) is 0 Å². The molecule has 0 radical (unpaired) electrons. The highest BCUT2D eigenvalue weighted by molar-refractivity contribution is 6.07. The lowest BCUT2D eigenvalue weighted by Gasteiger charge is -2.11. The highest BCUT2D eigenvalue weighted by Gasteiger charge is 2.15. The average Bonchev–Trinajstić information content (AvgIpc) is 2.80. The second-order valence-electron chi connectivity index (χ2n) is 7.24. The van der Waals surface area contributed by atoms with Crippen molar-refractivity contribution in [3.63, 3.8) is 0 Å². The summed E-state index contributed by atoms with van der Waals surface area (Å²) in [4.78, 5) is 25.2. The van der Waals surface area contributed by atoms with E-state index < -0.39 is 0 Å². The van der Waals surface area contributed by atoms with Crippen molar-refractivity contribution in [3.8, 4) is 0 Å². The van der Waals surface area contributed by atoms with Gasteiger partial charge in [0, 0.05) is 13.1 Å². The van der Waals surface area contributed by atoms with Gasteiger partial charge in [-0.2, -0.15) is 0 Å². The third kappa shape index (κ3) is 6.59. The number of carbonyl (C=O) groups excluding carboxylic acids is 2. The monoisotopic (exact) mass is 400 g/mol. The Morgan fingerprint density at radius 2 is 0.900 bits per heavy atom. The van der Waals surface area contributed by atoms with Gasteiger partial charge in [0.15, 0.2) is 0 Å². The van der Waals surface area contributed by atoms with Gasteiger partial charge in [-0.05, 0) is 48.9 Å². The van der Waals surface area contributed by atoms with E-state index in [-0.39, 0.29) is 11.8 Å². The van der Waals surface area contributed by atoms with E-state index in [0.717, 1.165) is 25.7 Å². The lowest BCUT2D eigenvalue weighted by Crippen LogP contribution is -2.30. The summed E-state index contributed by atoms with van der Waals surface area (Å²) in [6.07, 6.45) is 3.52. The molecule has 4 heteroatoms. The SMILES string of the molecule is O=C(NCCCc1ccccc1)c1ccccc1C(=O)NCCCc1ccccc1. The smallest absolute Gasteiger partial charge is 0.252 e. The number of hydrogen-bond donors (Lipinski definition) is 2. The second-order valence-corrected chi connectivity index (χ2v) is 7.24. The van der Waals surface area contributed by atoms with Gasteiger partial charge in [0.2, 0.25) is 0 Å². The van der Waals surface area contributed by atoms with Crippen molar-refractivity contribution in [1.29, 1.82) is 0 Å². The van der Waals surface area contributed by atoms with E-state index in [1.807, 2.05) is 36.4 Å². The van der Waals surface area contributed by atoms with Gasteiger partial charge in [-0.15, -0.1) is 0 Å². The molecule has 0 aliphatic rings. The topological polar surface area (TPSA) is 58.2 Å². The van der Waals surface area contributed by atoms with Gasteiger partial charge in [0.05, 0.1) is 11.1 Å². The van der Waals surface area contributed by atoms with Crippen molar-refractivity contribution in [2.45, 2.75) is 25.7 Å². The second kappa shape index (κ2) is 11.6. The van der Waals surface area contributed by atoms with Crippen molar-refractivity contribution in [1.82, 2.24) is 10.6 Å². The van der Waals surface area contributed by atoms with Crippen LogP contribution in [0.5, 0.6) is 0 Å². The maximum atomic E-state index is 12.6. The van der Waals surface area contributed by atoms with E-state index in [1.165, 1.54) is 11.1 Å². The first kappa shape index (κ1) is 21.3. The Labute approximate surface area is 178 Å². The van der Waals surface area contributed by atoms with Crippen LogP contribution in [0.2, 0.25) is 0 Å². The molecule has 3 aromatic carbocycles. The molecule has 0 aliphatic carbocycles. The summed E-state index contributed by atoms with van der Waals surface area (Å²) in [5, 5.41) is 5.87. The number of benzene rings is 3. The molecule has 0 unspecified atom stereocenters. The van der Waals surface area contributed by atoms with E-state index in [2.05, 4.69) is 34.9 Å². The molecule has 0 atom stereocenters. The Kier molecular flexibility index (Phi) is 8.22. The molecule has 0 spiro atoms. The number of carbonyl (C=O) groups is 2. The molecule has 30 heavy (non-hydrogen) atoms. The first-order chi connectivity index (χ1) is 14.7. The molecular weight excluding hydrogens is 372 g/mol. The van der Waals surface area contributed by atoms with Gasteiger partial charge < -0.3 is 10.6 Å². The molecule has 154 valence electrons. The summed E-state index contributed by atoms with van der Waals surface area (Å²) in [5.74, 6) is -0.420. The zero-order valence-corrected chi connectivity index (χ0v) is 17.1. The lowest BCUT2D eigenvalue weighted by atomic mass is 10.1. The lowest BCUT2D eigenvalue weighted by molar-refractivity contribution is 0.0919. The van der Waals surface area contributed by atoms with Gasteiger partial charge in [0.25, 0.3) is 11.8 Å². The molecule has 0 heterocycles. The highest BCUT2D eigenvalue weighted by atomic mass is 16.2. The minimum Gasteiger partial charge on any atom is -0.352 e. The van der Waals surface area contributed by atoms with Crippen LogP contribution in [0, 0.1) is 0 Å². The Bertz CT molecular complexity index is 861. The number of amides is 2. The number of rotatable bonds is 10. The molecule has 0 aliphatic heterocycles. The third-order valence-electron chi connectivity index (χ3n) is 4.96. The molecule has 2 N–H and O–H groups in total. The van der Waals surface area contributed by atoms with Crippen LogP contribution < -0.4 is 10.6 Å². The van der Waals surface area contributed by atoms with E-state index in [0.29, 0.717) is 24.2 Å². The van der Waals surface area contributed by atoms with Crippen molar-refractivity contribution in [2.75, 3.05) is 13.1 Å². The molecular formula is C26H28N2O2. The molecule has 0 saturated heterocycles. The summed E-state index contributed by atoms with van der Waals surface area (Å²) in [7, 11) is 0. The van der Waals surface area contributed by atoms with Crippen LogP contribution in [0.4, 0.5) is 0 Å². The Balaban J connectivity index is 1.46. The summed E-state index contributed by atoms with van der Waals surface area (Å²) < 4.78 is 0. The first-order valence-electron chi connectivity index (χ1n) is 10.5. The summed E-state index contributed by atoms with van der Waals surface area (Å²) in [6, 6.07) is 27.4. The fourth-order valence-corrected chi connectivity index (χ4v) is 3.35. The Morgan fingerprint density at radius 3 is 1.30 bits per heavy atom. The van der Waals surface area contributed by atoms with Crippen molar-refractivity contribution in [3.05, 3.63) is 107 Å². The summed E-state index contributed by atoms with van der Waals surface area (Å²) >= 11 is 0. The fourth-order valence-electron chi connectivity index (χ4n) is 3.35. The van der Waals surface area contributed by atoms with Crippen molar-refractivity contribution >= 4 is 11.8 Å². The summed E-state index contributed by atoms with van der Waals surface area (Å²) in [5.41, 5.74) is 3.33. The van der Waals surface area contributed by atoms with Crippen LogP contribution in [0.1, 0.15) is 44.7 Å². The predicted octanol–water partition coefficient (Wildman–Crippen LogP) is 4.41. The molecule has 3 aromatic rings. The Morgan fingerprint density at radius 1 is 0.533 bits per heavy atom. The molecule has 3 rings (SSSR count). The molecule has 0 fully saturated rings. The molecule has 4 nitrogen and oxygen atoms in total. The molecule has 0 saturated carbocycles. The summed E-state index contributed by atoms with van der Waals surface area (Å²) in [6.45, 7) is 1.14. The predicted molar refractivity (Wildman–Crippen MR) is 121 cm³/mol. The Hall–Kier alpha value is -3.40. The largest absolute Gasteiger partial charge is 0.352 e. The van der Waals surface area contributed by atoms with E-state index in [9.17, 15) is 9.59 Å². The minimum absolute atomic E-state index is 0.210. The van der Waals surface area contributed by atoms with Crippen LogP contribution in [-0.4, -0.2) is 24.9 Å². The quantitative estimate of drug-likeness (QED) is 0.495. The maximum absolute atomic E-state index is 12.6. The van der Waals surface area contributed by atoms with E-state index in [1.54, 1.807) is 24.3 Å². The number of hydrogen-bond acceptors (Lipinski definition) is 2. The number of nitrogens with one attached hydrogen (secondary N) is 2. The van der Waals surface area contributed by atoms with Crippen LogP contribution in [0.3, 0.4) is 0 Å². The van der Waals surface area contributed by atoms with Gasteiger partial charge in [0.1, 0.15) is 0 Å². The van der Waals surface area contributed by atoms with Crippen LogP contribution in [0.15, 0.2) is 84.9 Å². The number of aryl methyl sites for hydroxylation is 2. The van der Waals surface area contributed by atoms with Crippen molar-refractivity contribution in [2.24, 2.45) is 0 Å². The molecule has 0 bridgehead atoms.